The fourth-order valence-electron chi connectivity index (χ4n) is 19.0. The standard InChI is InChI=1S/C42H28N2.C36H24N2.C36H23N/c1-3-13-29(14-4-1)31-25-32(30-15-5-2-6-16-30)27-34(26-31)44-41-22-12-9-19-37(41)38-28-33(23-24-42(38)44)43-39-20-10-7-17-35(39)36-18-8-11-21-40(36)43;1-2-10-25(11-3-1)26-18-20-27(21-19-26)37-35-17-9-6-14-31(35)32-24-28(22-23-36(32)37)38-33-15-7-4-12-29(33)30-13-5-8-16-34(30)38;1-2-11-29-27(9-1)28-10-3-4-12-30(28)34-23-25(19-22-31(29)34)24-17-20-26(21-18-24)37-35-15-7-5-13-32(35)33-14-6-8-16-36(33)37/h1-28H;1-24H;1-23H. The largest absolute Gasteiger partial charge is 0.309 e. The Hall–Kier alpha value is -15.8. The van der Waals surface area contributed by atoms with Gasteiger partial charge in [0.05, 0.1) is 55.2 Å². The van der Waals surface area contributed by atoms with Gasteiger partial charge in [-0.15, -0.1) is 0 Å². The summed E-state index contributed by atoms with van der Waals surface area (Å²) in [5, 5.41) is 20.5. The molecule has 5 nitrogen and oxygen atoms in total. The lowest BCUT2D eigenvalue weighted by molar-refractivity contribution is 1.17. The molecule has 0 unspecified atom stereocenters. The van der Waals surface area contributed by atoms with Gasteiger partial charge in [0.2, 0.25) is 0 Å². The first kappa shape index (κ1) is 68.7. The third-order valence-electron chi connectivity index (χ3n) is 24.4. The molecular weight excluding hydrogens is 1440 g/mol. The summed E-state index contributed by atoms with van der Waals surface area (Å²) < 4.78 is 12.0. The number of aromatic nitrogens is 5. The smallest absolute Gasteiger partial charge is 0.0542 e. The topological polar surface area (TPSA) is 24.6 Å². The summed E-state index contributed by atoms with van der Waals surface area (Å²) in [5.41, 5.74) is 27.8. The van der Waals surface area contributed by atoms with Crippen molar-refractivity contribution in [3.63, 3.8) is 0 Å². The highest BCUT2D eigenvalue weighted by Crippen LogP contribution is 2.44. The van der Waals surface area contributed by atoms with Crippen molar-refractivity contribution in [1.82, 2.24) is 22.8 Å². The van der Waals surface area contributed by atoms with E-state index in [9.17, 15) is 0 Å². The van der Waals surface area contributed by atoms with Gasteiger partial charge in [-0.1, -0.05) is 322 Å². The van der Waals surface area contributed by atoms with E-state index in [0.29, 0.717) is 0 Å². The summed E-state index contributed by atoms with van der Waals surface area (Å²) in [4.78, 5) is 0. The molecule has 0 atom stereocenters. The second kappa shape index (κ2) is 28.6. The minimum Gasteiger partial charge on any atom is -0.309 e. The van der Waals surface area contributed by atoms with Crippen LogP contribution in [0.25, 0.3) is 214 Å². The van der Waals surface area contributed by atoms with E-state index in [0.717, 1.165) is 5.69 Å². The van der Waals surface area contributed by atoms with Crippen LogP contribution in [-0.2, 0) is 0 Å². The van der Waals surface area contributed by atoms with Crippen LogP contribution in [0.3, 0.4) is 0 Å². The lowest BCUT2D eigenvalue weighted by atomic mass is 9.92. The van der Waals surface area contributed by atoms with Crippen molar-refractivity contribution in [3.05, 3.63) is 455 Å². The summed E-state index contributed by atoms with van der Waals surface area (Å²) in [6, 6.07) is 165. The van der Waals surface area contributed by atoms with Crippen LogP contribution in [0.15, 0.2) is 455 Å². The number of benzene rings is 20. The first-order valence-electron chi connectivity index (χ1n) is 40.9. The molecule has 0 saturated carbocycles. The molecule has 119 heavy (non-hydrogen) atoms. The van der Waals surface area contributed by atoms with E-state index in [1.165, 1.54) is 209 Å². The van der Waals surface area contributed by atoms with Crippen molar-refractivity contribution in [2.45, 2.75) is 0 Å². The lowest BCUT2D eigenvalue weighted by Gasteiger charge is -2.14. The van der Waals surface area contributed by atoms with Crippen LogP contribution in [0, 0.1) is 0 Å². The third-order valence-corrected chi connectivity index (χ3v) is 24.4. The molecule has 5 aromatic heterocycles. The van der Waals surface area contributed by atoms with Gasteiger partial charge in [0.15, 0.2) is 0 Å². The molecule has 0 aliphatic rings. The average Bonchev–Trinajstić information content (AvgIpc) is 1.28. The van der Waals surface area contributed by atoms with Gasteiger partial charge >= 0.3 is 0 Å². The van der Waals surface area contributed by atoms with Crippen molar-refractivity contribution < 1.29 is 0 Å². The molecule has 25 aromatic rings. The van der Waals surface area contributed by atoms with E-state index in [-0.39, 0.29) is 0 Å². The van der Waals surface area contributed by atoms with Gasteiger partial charge in [0, 0.05) is 82.3 Å². The highest BCUT2D eigenvalue weighted by Gasteiger charge is 2.22. The van der Waals surface area contributed by atoms with Crippen LogP contribution >= 0.6 is 0 Å². The van der Waals surface area contributed by atoms with Gasteiger partial charge in [-0.3, -0.25) is 0 Å². The van der Waals surface area contributed by atoms with Crippen molar-refractivity contribution in [1.29, 1.82) is 0 Å². The van der Waals surface area contributed by atoms with Crippen molar-refractivity contribution in [2.24, 2.45) is 0 Å². The number of hydrogen-bond donors (Lipinski definition) is 0. The molecule has 0 fully saturated rings. The average molecular weight is 1510 g/mol. The molecule has 0 N–H and O–H groups in total. The zero-order valence-corrected chi connectivity index (χ0v) is 65.0. The molecule has 20 aromatic carbocycles. The van der Waals surface area contributed by atoms with Gasteiger partial charge in [-0.25, -0.2) is 0 Å². The number of para-hydroxylation sites is 8. The Balaban J connectivity index is 0.000000105. The Kier molecular flexibility index (Phi) is 16.5. The van der Waals surface area contributed by atoms with Crippen LogP contribution in [0.1, 0.15) is 0 Å². The summed E-state index contributed by atoms with van der Waals surface area (Å²) in [6.07, 6.45) is 0. The van der Waals surface area contributed by atoms with Gasteiger partial charge in [-0.2, -0.15) is 0 Å². The number of fused-ring (bicyclic) bond motifs is 21. The molecule has 25 rings (SSSR count). The van der Waals surface area contributed by atoms with Crippen molar-refractivity contribution >= 4 is 141 Å². The summed E-state index contributed by atoms with van der Waals surface area (Å²) in [6.45, 7) is 0. The van der Waals surface area contributed by atoms with E-state index in [2.05, 4.69) is 478 Å². The molecule has 0 bridgehead atoms. The molecule has 556 valence electrons. The maximum absolute atomic E-state index is 2.43. The predicted molar refractivity (Wildman–Crippen MR) is 505 cm³/mol. The van der Waals surface area contributed by atoms with Crippen LogP contribution in [0.4, 0.5) is 0 Å². The van der Waals surface area contributed by atoms with Crippen molar-refractivity contribution in [3.8, 4) is 72.9 Å². The maximum Gasteiger partial charge on any atom is 0.0542 e. The summed E-state index contributed by atoms with van der Waals surface area (Å²) in [5.74, 6) is 0. The lowest BCUT2D eigenvalue weighted by Crippen LogP contribution is -1.97. The molecule has 0 radical (unpaired) electrons. The third kappa shape index (κ3) is 11.6. The van der Waals surface area contributed by atoms with Gasteiger partial charge in [-0.05, 0) is 210 Å². The minimum absolute atomic E-state index is 1.15. The van der Waals surface area contributed by atoms with Gasteiger partial charge in [0.25, 0.3) is 0 Å². The van der Waals surface area contributed by atoms with E-state index in [4.69, 9.17) is 0 Å². The highest BCUT2D eigenvalue weighted by molar-refractivity contribution is 6.26. The van der Waals surface area contributed by atoms with Crippen LogP contribution in [0.2, 0.25) is 0 Å². The van der Waals surface area contributed by atoms with Crippen LogP contribution in [0.5, 0.6) is 0 Å². The van der Waals surface area contributed by atoms with Gasteiger partial charge in [0.1, 0.15) is 0 Å². The van der Waals surface area contributed by atoms with Gasteiger partial charge < -0.3 is 22.8 Å². The van der Waals surface area contributed by atoms with E-state index in [1.807, 2.05) is 0 Å². The van der Waals surface area contributed by atoms with E-state index >= 15 is 0 Å². The predicted octanol–water partition coefficient (Wildman–Crippen LogP) is 30.7. The Labute approximate surface area is 687 Å². The zero-order valence-electron chi connectivity index (χ0n) is 65.0. The Morgan fingerprint density at radius 3 is 0.630 bits per heavy atom. The van der Waals surface area contributed by atoms with Crippen LogP contribution in [-0.4, -0.2) is 22.8 Å². The number of hydrogen-bond acceptors (Lipinski definition) is 0. The molecule has 5 heteroatoms. The molecule has 5 heterocycles. The molecule has 0 aliphatic carbocycles. The molecule has 0 saturated heterocycles. The molecule has 0 aliphatic heterocycles. The minimum atomic E-state index is 1.15. The Bertz CT molecular complexity index is 8010. The number of nitrogens with zero attached hydrogens (tertiary/aromatic N) is 5. The Morgan fingerprint density at radius 2 is 0.303 bits per heavy atom. The fraction of sp³-hybridized carbons (Fsp3) is 0. The quantitative estimate of drug-likeness (QED) is 0.129. The fourth-order valence-corrected chi connectivity index (χ4v) is 19.0. The number of rotatable bonds is 9. The second-order valence-corrected chi connectivity index (χ2v) is 31.0. The highest BCUT2D eigenvalue weighted by atomic mass is 15.0. The SMILES string of the molecule is c1ccc(-c2cc(-c3ccccc3)cc(-n3c4ccccc4c4cc(-n5c6ccccc6c6ccccc65)ccc43)c2)cc1.c1ccc(-c2ccc(-n3c4ccccc4c4cc(-n5c6ccccc6c6ccccc65)ccc43)cc2)cc1.c1ccc2c(c1)c1ccccc1c1cc(-c3ccc(-n4c5ccccc5c5ccccc54)cc3)ccc21. The summed E-state index contributed by atoms with van der Waals surface area (Å²) in [7, 11) is 0. The molecule has 0 spiro atoms. The monoisotopic (exact) mass is 1510 g/mol. The Morgan fingerprint density at radius 1 is 0.0924 bits per heavy atom. The van der Waals surface area contributed by atoms with Crippen molar-refractivity contribution in [2.75, 3.05) is 0 Å². The maximum atomic E-state index is 2.43. The first-order valence-corrected chi connectivity index (χ1v) is 40.9. The molecule has 0 amide bonds. The normalized spacial score (nSPS) is 11.7. The summed E-state index contributed by atoms with van der Waals surface area (Å²) >= 11 is 0. The first-order chi connectivity index (χ1) is 59.1. The van der Waals surface area contributed by atoms with E-state index in [1.54, 1.807) is 0 Å². The molecular formula is C114H75N5. The zero-order chi connectivity index (χ0) is 78.4. The van der Waals surface area contributed by atoms with Crippen LogP contribution < -0.4 is 0 Å². The van der Waals surface area contributed by atoms with E-state index < -0.39 is 0 Å². The second-order valence-electron chi connectivity index (χ2n) is 31.0.